The van der Waals surface area contributed by atoms with E-state index in [0.717, 1.165) is 50.3 Å². The van der Waals surface area contributed by atoms with E-state index >= 15 is 33.6 Å². The maximum atomic E-state index is 16.7. The van der Waals surface area contributed by atoms with E-state index in [4.69, 9.17) is 44.8 Å². The van der Waals surface area contributed by atoms with Crippen LogP contribution in [0.15, 0.2) is 103 Å². The Morgan fingerprint density at radius 2 is 1.30 bits per heavy atom. The van der Waals surface area contributed by atoms with Crippen LogP contribution < -0.4 is 82.2 Å². The van der Waals surface area contributed by atoms with Gasteiger partial charge in [0.05, 0.1) is 17.6 Å². The summed E-state index contributed by atoms with van der Waals surface area (Å²) < 4.78 is 43.9. The Kier molecular flexibility index (Phi) is 24.7. The van der Waals surface area contributed by atoms with Crippen LogP contribution in [0.3, 0.4) is 0 Å². The molecule has 6 aromatic rings. The number of fused-ring (bicyclic) bond motifs is 13. The van der Waals surface area contributed by atoms with E-state index in [1.54, 1.807) is 0 Å². The number of ether oxygens (including phenoxy) is 7. The van der Waals surface area contributed by atoms with Gasteiger partial charge in [-0.2, -0.15) is 0 Å². The van der Waals surface area contributed by atoms with Gasteiger partial charge in [-0.05, 0) is 200 Å². The summed E-state index contributed by atoms with van der Waals surface area (Å²) in [6.07, 6.45) is -9.69. The van der Waals surface area contributed by atoms with Gasteiger partial charge in [-0.1, -0.05) is 69.6 Å². The number of Topliss-reactive ketones (excluding diaryl/α,β-unsaturated/α-hetero) is 1. The number of carbonyl (C=O) groups excluding carboxylic acids is 9. The van der Waals surface area contributed by atoms with Crippen molar-refractivity contribution in [2.75, 3.05) is 53.0 Å². The van der Waals surface area contributed by atoms with Gasteiger partial charge in [0.25, 0.3) is 0 Å². The molecule has 34 nitrogen and oxygen atoms in total. The second-order valence-corrected chi connectivity index (χ2v) is 32.9. The van der Waals surface area contributed by atoms with Crippen molar-refractivity contribution in [1.82, 2.24) is 58.5 Å². The Hall–Kier alpha value is -10.8. The highest BCUT2D eigenvalue weighted by molar-refractivity contribution is 6.32. The van der Waals surface area contributed by atoms with Gasteiger partial charge in [0.2, 0.25) is 59.2 Å². The predicted molar refractivity (Wildman–Crippen MR) is 426 cm³/mol. The van der Waals surface area contributed by atoms with Gasteiger partial charge in [-0.3, -0.25) is 38.4 Å². The number of aromatic hydroxyl groups is 1. The molecule has 7 heterocycles. The van der Waals surface area contributed by atoms with E-state index < -0.39 is 174 Å². The average Bonchev–Trinajstić information content (AvgIpc) is 1.56. The average molecular weight is 1680 g/mol. The van der Waals surface area contributed by atoms with Crippen LogP contribution in [0.2, 0.25) is 5.02 Å². The number of hydrogen-bond acceptors (Lipinski definition) is 26. The van der Waals surface area contributed by atoms with Crippen molar-refractivity contribution in [3.63, 3.8) is 0 Å². The zero-order valence-electron chi connectivity index (χ0n) is 66.3. The van der Waals surface area contributed by atoms with E-state index in [2.05, 4.69) is 58.5 Å². The topological polar surface area (TPSA) is 492 Å². The second-order valence-electron chi connectivity index (χ2n) is 32.5. The number of benzene rings is 6. The highest BCUT2D eigenvalue weighted by Gasteiger charge is 2.54. The molecular formula is C85H98ClN11O23. The monoisotopic (exact) mass is 1680 g/mol. The number of likely N-dealkylation sites (N-methyl/N-ethyl adjacent to an activating group) is 3. The number of rotatable bonds is 22. The lowest BCUT2D eigenvalue weighted by atomic mass is 9.54. The minimum atomic E-state index is -2.95. The molecule has 18 N–H and O–H groups in total. The van der Waals surface area contributed by atoms with Crippen LogP contribution in [0.1, 0.15) is 152 Å². The number of amides is 8. The van der Waals surface area contributed by atoms with Gasteiger partial charge in [0.15, 0.2) is 34.9 Å². The third-order valence-corrected chi connectivity index (χ3v) is 24.3. The Bertz CT molecular complexity index is 4950. The number of phenolic OH excluding ortho intramolecular Hbond substituents is 1. The quantitative estimate of drug-likeness (QED) is 0.0263. The smallest absolute Gasteiger partial charge is 0.407 e. The van der Waals surface area contributed by atoms with E-state index in [1.807, 2.05) is 27.7 Å². The van der Waals surface area contributed by atoms with Gasteiger partial charge < -0.3 is 127 Å². The number of ketones is 1. The highest BCUT2D eigenvalue weighted by atomic mass is 35.5. The molecule has 18 rings (SSSR count). The SMILES string of the molecule is CCNCCOc1ccc(C(=O)C[C@@H]2NC(=O)[C@H](NC(=O)[C@@H](CC(C)C)NC)[C@H](O)c3ccc(c(Cl)c3)Oc3cc4cc(c3O[C@@H]3O[C@@H]5CNC(=O)O[C@H]5[C@H](O)[C@H]3O)Oc3ccc(cc3)[C@@H](O)[C@@H]3NC(=O)[C@H](NC(=O)[C@@H]4NC2=O)c2ccc4c(c2)-c2c(cc(O)cc2C4(O)O)[C@@H](C(=O)NC2C4CC5CC(C4)CC2C5)NC3=O)cc1OCCNCC. The van der Waals surface area contributed by atoms with Crippen LogP contribution in [-0.2, 0) is 48.8 Å². The number of carbonyl (C=O) groups is 9. The zero-order chi connectivity index (χ0) is 84.9. The number of halogens is 1. The van der Waals surface area contributed by atoms with Crippen molar-refractivity contribution >= 4 is 64.8 Å². The minimum Gasteiger partial charge on any atom is -0.508 e. The van der Waals surface area contributed by atoms with Crippen molar-refractivity contribution in [3.05, 3.63) is 153 Å². The zero-order valence-corrected chi connectivity index (χ0v) is 67.1. The van der Waals surface area contributed by atoms with Crippen molar-refractivity contribution < 1.29 is 112 Å². The number of aliphatic hydroxyl groups is 6. The fourth-order valence-corrected chi connectivity index (χ4v) is 18.4. The van der Waals surface area contributed by atoms with E-state index in [0.29, 0.717) is 38.0 Å². The first-order chi connectivity index (χ1) is 57.5. The molecule has 6 fully saturated rings. The summed E-state index contributed by atoms with van der Waals surface area (Å²) in [5.74, 6) is -12.7. The van der Waals surface area contributed by atoms with Crippen LogP contribution in [0, 0.1) is 29.6 Å². The van der Waals surface area contributed by atoms with Gasteiger partial charge in [-0.15, -0.1) is 0 Å². The molecule has 6 aromatic carbocycles. The summed E-state index contributed by atoms with van der Waals surface area (Å²) in [5.41, 5.74) is -1.66. The molecule has 35 heteroatoms. The van der Waals surface area contributed by atoms with E-state index in [9.17, 15) is 45.3 Å². The number of aliphatic hydroxyl groups excluding tert-OH is 4. The first kappa shape index (κ1) is 84.3. The molecule has 0 aromatic heterocycles. The van der Waals surface area contributed by atoms with E-state index in [1.165, 1.54) is 92.0 Å². The van der Waals surface area contributed by atoms with Gasteiger partial charge in [-0.25, -0.2) is 4.79 Å². The van der Waals surface area contributed by atoms with Gasteiger partial charge in [0.1, 0.15) is 97.2 Å². The molecule has 5 aliphatic carbocycles. The van der Waals surface area contributed by atoms with Gasteiger partial charge >= 0.3 is 6.09 Å². The van der Waals surface area contributed by atoms with Crippen LogP contribution in [-0.4, -0.2) is 203 Å². The lowest BCUT2D eigenvalue weighted by Crippen LogP contribution is -2.65. The molecule has 14 atom stereocenters. The molecule has 8 amide bonds. The molecule has 4 saturated carbocycles. The molecule has 15 bridgehead atoms. The van der Waals surface area contributed by atoms with Crippen LogP contribution in [0.4, 0.5) is 4.79 Å². The molecule has 638 valence electrons. The number of hydrogen-bond donors (Lipinski definition) is 18. The van der Waals surface area contributed by atoms with Crippen LogP contribution >= 0.6 is 11.6 Å². The maximum absolute atomic E-state index is 16.7. The summed E-state index contributed by atoms with van der Waals surface area (Å²) in [7, 11) is 1.51. The minimum absolute atomic E-state index is 0.0572. The lowest BCUT2D eigenvalue weighted by molar-refractivity contribution is -0.275. The fraction of sp³-hybridized carbons (Fsp3) is 0.471. The summed E-state index contributed by atoms with van der Waals surface area (Å²) in [5, 5.41) is 116. The van der Waals surface area contributed by atoms with Crippen molar-refractivity contribution in [3.8, 4) is 57.1 Å². The molecule has 7 aliphatic heterocycles. The van der Waals surface area contributed by atoms with Crippen molar-refractivity contribution in [1.29, 1.82) is 0 Å². The summed E-state index contributed by atoms with van der Waals surface area (Å²) in [6.45, 7) is 9.64. The van der Waals surface area contributed by atoms with E-state index in [-0.39, 0.29) is 134 Å². The Morgan fingerprint density at radius 1 is 0.642 bits per heavy atom. The second kappa shape index (κ2) is 35.1. The normalized spacial score (nSPS) is 28.4. The number of alkyl carbamates (subject to hydrolysis) is 1. The summed E-state index contributed by atoms with van der Waals surface area (Å²) in [6, 6.07) is 7.88. The Labute approximate surface area is 694 Å². The lowest BCUT2D eigenvalue weighted by Gasteiger charge is -2.54. The molecule has 0 radical (unpaired) electrons. The third-order valence-electron chi connectivity index (χ3n) is 24.0. The van der Waals surface area contributed by atoms with Crippen LogP contribution in [0.25, 0.3) is 11.1 Å². The maximum Gasteiger partial charge on any atom is 0.407 e. The first-order valence-electron chi connectivity index (χ1n) is 40.6. The first-order valence-corrected chi connectivity index (χ1v) is 41.0. The standard InChI is InChI=1S/C85H98ClN11O23/c1-6-88-18-20-114-58-17-11-41(30-59(58)115-21-19-89-7-2)56(99)35-55-77(105)93-66-46-31-60(74(119-83-73(103)72(102)75-62(118-83)36-90-84(111)120-75)61(32-46)117-57-16-12-43(29-53(57)86)71(101)69(81(109)91-55)96-76(104)54(87-5)22-37(3)4)116-48-13-8-40(9-14-48)70(100)68-82(110)95-67(80(108)92-64-44-24-38-23-39(26-44)27-45(64)25-38)50-33-47(98)34-52-63(50)49-28-42(10-15-51(49)85(52,112)113)65(78(106)97-68)94-79(66)107/h8-17,28-34,37-39,44-45,54-55,62,64-73,75,83,87-89,98,100-103,112-113H,6-7,18-27,35-36H2,1-5H3,(H,90,111)(H,91,109)(H,92,108)(H,93,105)(H,94,107)(H,95,110)(H,96,104)(H,97,106)/t38?,39?,44?,45?,54-,55+,62-,64?,65-,66-,67+,68+,69-,70-,71-,72-,73-,75-,83+/m1/s1. The number of nitrogens with one attached hydrogen (secondary N) is 11. The molecule has 120 heavy (non-hydrogen) atoms. The third kappa shape index (κ3) is 17.2. The molecule has 0 spiro atoms. The van der Waals surface area contributed by atoms with Gasteiger partial charge in [0, 0.05) is 42.2 Å². The predicted octanol–water partition coefficient (Wildman–Crippen LogP) is 3.29. The fourth-order valence-electron chi connectivity index (χ4n) is 18.2. The molecule has 0 unspecified atom stereocenters. The Morgan fingerprint density at radius 3 is 1.98 bits per heavy atom. The van der Waals surface area contributed by atoms with Crippen molar-refractivity contribution in [2.24, 2.45) is 29.6 Å². The summed E-state index contributed by atoms with van der Waals surface area (Å²) in [4.78, 5) is 138. The molecule has 2 saturated heterocycles. The van der Waals surface area contributed by atoms with Crippen LogP contribution in [0.5, 0.6) is 46.0 Å². The van der Waals surface area contributed by atoms with Crippen molar-refractivity contribution in [2.45, 2.75) is 170 Å². The largest absolute Gasteiger partial charge is 0.508 e. The summed E-state index contributed by atoms with van der Waals surface area (Å²) >= 11 is 7.20. The highest BCUT2D eigenvalue weighted by Crippen LogP contribution is 2.56. The molecular weight excluding hydrogens is 1580 g/mol. The Balaban J connectivity index is 0.908. The molecule has 12 aliphatic rings. The number of phenols is 1.